The molecule has 0 unspecified atom stereocenters. The maximum atomic E-state index is 10.4. The average molecular weight is 199 g/mol. The first kappa shape index (κ1) is 15.2. The van der Waals surface area contributed by atoms with Gasteiger partial charge in [-0.25, -0.2) is 0 Å². The van der Waals surface area contributed by atoms with Crippen molar-refractivity contribution in [1.29, 1.82) is 0 Å². The van der Waals surface area contributed by atoms with Crippen LogP contribution in [0.25, 0.3) is 0 Å². The Balaban J connectivity index is 0. The molecule has 1 heterocycles. The van der Waals surface area contributed by atoms with Crippen molar-refractivity contribution in [3.8, 4) is 0 Å². The lowest BCUT2D eigenvalue weighted by Gasteiger charge is -1.84. The molecule has 82 valence electrons. The summed E-state index contributed by atoms with van der Waals surface area (Å²) in [5, 5.41) is 0. The minimum absolute atomic E-state index is 0.229. The first-order chi connectivity index (χ1) is 6.72. The van der Waals surface area contributed by atoms with Crippen LogP contribution in [0, 0.1) is 0 Å². The highest BCUT2D eigenvalue weighted by molar-refractivity contribution is 5.32. The summed E-state index contributed by atoms with van der Waals surface area (Å²) in [5.41, 5.74) is 10.2. The quantitative estimate of drug-likeness (QED) is 0.638. The monoisotopic (exact) mass is 199 g/mol. The maximum absolute atomic E-state index is 10.4. The van der Waals surface area contributed by atoms with Crippen LogP contribution in [0.15, 0.2) is 23.1 Å². The summed E-state index contributed by atoms with van der Waals surface area (Å²) in [6.45, 7) is 6.88. The number of nitrogens with one attached hydrogen (secondary N) is 1. The molecule has 0 aliphatic heterocycles. The molecule has 0 amide bonds. The fourth-order valence-electron chi connectivity index (χ4n) is 0.435. The van der Waals surface area contributed by atoms with Crippen molar-refractivity contribution < 1.29 is 0 Å². The molecular formula is C10H21N3O. The molecule has 1 aromatic heterocycles. The van der Waals surface area contributed by atoms with Gasteiger partial charge in [-0.1, -0.05) is 20.8 Å². The van der Waals surface area contributed by atoms with E-state index in [4.69, 9.17) is 11.5 Å². The van der Waals surface area contributed by atoms with Crippen molar-refractivity contribution >= 4 is 5.69 Å². The standard InChI is InChI=1S/C5H6N2O.C3H9N.C2H6/c6-4-2-1-3-7-5(4)8;1-2-3-4;1-2/h1-3H,6H2,(H,7,8);2-4H2,1H3;1-2H3. The summed E-state index contributed by atoms with van der Waals surface area (Å²) >= 11 is 0. The second-order valence-electron chi connectivity index (χ2n) is 2.24. The summed E-state index contributed by atoms with van der Waals surface area (Å²) in [6, 6.07) is 3.23. The molecule has 0 atom stereocenters. The van der Waals surface area contributed by atoms with E-state index < -0.39 is 0 Å². The number of nitrogen functional groups attached to an aromatic ring is 1. The van der Waals surface area contributed by atoms with Crippen molar-refractivity contribution in [3.05, 3.63) is 28.7 Å². The van der Waals surface area contributed by atoms with Crippen LogP contribution in [0.2, 0.25) is 0 Å². The van der Waals surface area contributed by atoms with Crippen molar-refractivity contribution in [3.63, 3.8) is 0 Å². The number of anilines is 1. The predicted octanol–water partition coefficient (Wildman–Crippen LogP) is 1.34. The van der Waals surface area contributed by atoms with Gasteiger partial charge in [0.05, 0.1) is 5.69 Å². The first-order valence-electron chi connectivity index (χ1n) is 4.85. The van der Waals surface area contributed by atoms with Gasteiger partial charge < -0.3 is 16.5 Å². The van der Waals surface area contributed by atoms with E-state index >= 15 is 0 Å². The Labute approximate surface area is 85.3 Å². The van der Waals surface area contributed by atoms with Crippen molar-refractivity contribution in [1.82, 2.24) is 4.98 Å². The van der Waals surface area contributed by atoms with E-state index in [1.807, 2.05) is 13.8 Å². The lowest BCUT2D eigenvalue weighted by Crippen LogP contribution is -2.08. The summed E-state index contributed by atoms with van der Waals surface area (Å²) in [6.07, 6.45) is 2.64. The molecule has 0 aromatic carbocycles. The highest BCUT2D eigenvalue weighted by atomic mass is 16.1. The number of aromatic amines is 1. The molecule has 4 nitrogen and oxygen atoms in total. The zero-order valence-corrected chi connectivity index (χ0v) is 9.21. The maximum Gasteiger partial charge on any atom is 0.271 e. The third kappa shape index (κ3) is 8.80. The molecule has 0 aliphatic carbocycles. The van der Waals surface area contributed by atoms with Gasteiger partial charge >= 0.3 is 0 Å². The van der Waals surface area contributed by atoms with Crippen LogP contribution in [-0.4, -0.2) is 11.5 Å². The molecule has 0 bridgehead atoms. The van der Waals surface area contributed by atoms with Crippen LogP contribution in [-0.2, 0) is 0 Å². The van der Waals surface area contributed by atoms with E-state index in [1.54, 1.807) is 18.3 Å². The third-order valence-electron chi connectivity index (χ3n) is 1.14. The summed E-state index contributed by atoms with van der Waals surface area (Å²) in [5.74, 6) is 0. The van der Waals surface area contributed by atoms with E-state index in [1.165, 1.54) is 0 Å². The lowest BCUT2D eigenvalue weighted by molar-refractivity contribution is 0.932. The molecule has 0 saturated carbocycles. The van der Waals surface area contributed by atoms with Gasteiger partial charge in [0.2, 0.25) is 0 Å². The van der Waals surface area contributed by atoms with Gasteiger partial charge in [-0.15, -0.1) is 0 Å². The topological polar surface area (TPSA) is 84.9 Å². The van der Waals surface area contributed by atoms with Gasteiger partial charge in [-0.05, 0) is 25.1 Å². The van der Waals surface area contributed by atoms with Crippen LogP contribution in [0.5, 0.6) is 0 Å². The van der Waals surface area contributed by atoms with Crippen LogP contribution in [0.4, 0.5) is 5.69 Å². The molecule has 5 N–H and O–H groups in total. The Bertz CT molecular complexity index is 256. The first-order valence-corrected chi connectivity index (χ1v) is 4.85. The van der Waals surface area contributed by atoms with Gasteiger partial charge in [0.25, 0.3) is 5.56 Å². The number of hydrogen-bond donors (Lipinski definition) is 3. The van der Waals surface area contributed by atoms with Crippen molar-refractivity contribution in [2.45, 2.75) is 27.2 Å². The van der Waals surface area contributed by atoms with Gasteiger partial charge in [0, 0.05) is 6.20 Å². The summed E-state index contributed by atoms with van der Waals surface area (Å²) in [4.78, 5) is 12.9. The minimum Gasteiger partial charge on any atom is -0.394 e. The van der Waals surface area contributed by atoms with E-state index in [0.29, 0.717) is 0 Å². The zero-order valence-electron chi connectivity index (χ0n) is 9.21. The van der Waals surface area contributed by atoms with E-state index in [-0.39, 0.29) is 11.2 Å². The molecule has 14 heavy (non-hydrogen) atoms. The fourth-order valence-corrected chi connectivity index (χ4v) is 0.435. The lowest BCUT2D eigenvalue weighted by atomic mass is 10.4. The molecule has 0 saturated heterocycles. The molecule has 1 rings (SSSR count). The van der Waals surface area contributed by atoms with Crippen LogP contribution in [0.1, 0.15) is 27.2 Å². The average Bonchev–Trinajstić information content (AvgIpc) is 2.26. The van der Waals surface area contributed by atoms with Crippen molar-refractivity contribution in [2.24, 2.45) is 5.73 Å². The number of H-pyrrole nitrogens is 1. The smallest absolute Gasteiger partial charge is 0.271 e. The molecular weight excluding hydrogens is 178 g/mol. The molecule has 0 fully saturated rings. The number of aromatic nitrogens is 1. The Kier molecular flexibility index (Phi) is 12.7. The molecule has 1 aromatic rings. The largest absolute Gasteiger partial charge is 0.394 e. The second kappa shape index (κ2) is 11.7. The number of pyridine rings is 1. The van der Waals surface area contributed by atoms with E-state index in [2.05, 4.69) is 11.9 Å². The van der Waals surface area contributed by atoms with Gasteiger partial charge in [0.15, 0.2) is 0 Å². The number of nitrogens with two attached hydrogens (primary N) is 2. The minimum atomic E-state index is -0.229. The summed E-state index contributed by atoms with van der Waals surface area (Å²) < 4.78 is 0. The third-order valence-corrected chi connectivity index (χ3v) is 1.14. The van der Waals surface area contributed by atoms with Crippen LogP contribution >= 0.6 is 0 Å². The number of rotatable bonds is 1. The molecule has 0 radical (unpaired) electrons. The summed E-state index contributed by atoms with van der Waals surface area (Å²) in [7, 11) is 0. The SMILES string of the molecule is CC.CCCN.Nc1ccc[nH]c1=O. The Morgan fingerprint density at radius 1 is 1.43 bits per heavy atom. The Hall–Kier alpha value is -1.29. The van der Waals surface area contributed by atoms with E-state index in [9.17, 15) is 4.79 Å². The predicted molar refractivity (Wildman–Crippen MR) is 62.2 cm³/mol. The molecule has 0 spiro atoms. The highest BCUT2D eigenvalue weighted by Crippen LogP contribution is 1.84. The second-order valence-corrected chi connectivity index (χ2v) is 2.24. The van der Waals surface area contributed by atoms with Crippen LogP contribution in [0.3, 0.4) is 0 Å². The Morgan fingerprint density at radius 3 is 2.14 bits per heavy atom. The van der Waals surface area contributed by atoms with Gasteiger partial charge in [-0.3, -0.25) is 4.79 Å². The molecule has 0 aliphatic rings. The van der Waals surface area contributed by atoms with Crippen LogP contribution < -0.4 is 17.0 Å². The number of hydrogen-bond acceptors (Lipinski definition) is 3. The van der Waals surface area contributed by atoms with Gasteiger partial charge in [-0.2, -0.15) is 0 Å². The molecule has 4 heteroatoms. The van der Waals surface area contributed by atoms with Crippen molar-refractivity contribution in [2.75, 3.05) is 12.3 Å². The zero-order chi connectivity index (χ0) is 11.4. The normalized spacial score (nSPS) is 7.71. The fraction of sp³-hybridized carbons (Fsp3) is 0.500. The van der Waals surface area contributed by atoms with E-state index in [0.717, 1.165) is 13.0 Å². The van der Waals surface area contributed by atoms with Gasteiger partial charge in [0.1, 0.15) is 0 Å². The highest BCUT2D eigenvalue weighted by Gasteiger charge is 1.84. The Morgan fingerprint density at radius 2 is 1.93 bits per heavy atom.